The van der Waals surface area contributed by atoms with Gasteiger partial charge >= 0.3 is 0 Å². The van der Waals surface area contributed by atoms with Gasteiger partial charge in [0.25, 0.3) is 0 Å². The second-order valence-corrected chi connectivity index (χ2v) is 4.64. The number of thiophene rings is 1. The number of aromatic nitrogens is 1. The molecule has 0 bridgehead atoms. The number of likely N-dealkylation sites (N-methyl/N-ethyl adjacent to an activating group) is 1. The molecular formula is C12H16N2S. The van der Waals surface area contributed by atoms with Crippen molar-refractivity contribution in [2.45, 2.75) is 25.8 Å². The quantitative estimate of drug-likeness (QED) is 0.857. The van der Waals surface area contributed by atoms with Gasteiger partial charge in [-0.25, -0.2) is 0 Å². The fourth-order valence-corrected chi connectivity index (χ4v) is 2.60. The van der Waals surface area contributed by atoms with Crippen LogP contribution in [0.1, 0.15) is 19.0 Å². The van der Waals surface area contributed by atoms with Crippen molar-refractivity contribution in [3.8, 4) is 0 Å². The van der Waals surface area contributed by atoms with Crippen LogP contribution in [0, 0.1) is 0 Å². The summed E-state index contributed by atoms with van der Waals surface area (Å²) in [4.78, 5) is 4.48. The van der Waals surface area contributed by atoms with Gasteiger partial charge in [0.05, 0.1) is 5.69 Å². The van der Waals surface area contributed by atoms with Gasteiger partial charge in [0.1, 0.15) is 0 Å². The van der Waals surface area contributed by atoms with Crippen LogP contribution in [-0.4, -0.2) is 18.1 Å². The van der Waals surface area contributed by atoms with Crippen LogP contribution < -0.4 is 5.32 Å². The topological polar surface area (TPSA) is 24.9 Å². The average molecular weight is 220 g/mol. The molecule has 0 radical (unpaired) electrons. The van der Waals surface area contributed by atoms with Crippen LogP contribution in [-0.2, 0) is 6.42 Å². The maximum atomic E-state index is 4.48. The lowest BCUT2D eigenvalue weighted by molar-refractivity contribution is 0.539. The molecule has 1 N–H and O–H groups in total. The van der Waals surface area contributed by atoms with Gasteiger partial charge in [-0.05, 0) is 31.0 Å². The fourth-order valence-electron chi connectivity index (χ4n) is 1.80. The molecule has 2 rings (SSSR count). The Balaban J connectivity index is 2.30. The van der Waals surface area contributed by atoms with Crippen molar-refractivity contribution in [2.24, 2.45) is 0 Å². The number of rotatable bonds is 4. The lowest BCUT2D eigenvalue weighted by atomic mass is 10.1. The molecule has 0 aliphatic heterocycles. The molecule has 0 amide bonds. The largest absolute Gasteiger partial charge is 0.317 e. The molecule has 0 saturated carbocycles. The number of fused-ring (bicyclic) bond motifs is 1. The Labute approximate surface area is 94.3 Å². The third kappa shape index (κ3) is 2.19. The summed E-state index contributed by atoms with van der Waals surface area (Å²) >= 11 is 1.78. The van der Waals surface area contributed by atoms with Crippen molar-refractivity contribution in [2.75, 3.05) is 7.05 Å². The summed E-state index contributed by atoms with van der Waals surface area (Å²) in [6.45, 7) is 2.20. The Hall–Kier alpha value is -0.930. The molecule has 2 nitrogen and oxygen atoms in total. The number of nitrogens with one attached hydrogen (secondary N) is 1. The summed E-state index contributed by atoms with van der Waals surface area (Å²) in [5.74, 6) is 0. The highest BCUT2D eigenvalue weighted by Crippen LogP contribution is 2.23. The molecule has 0 aromatic carbocycles. The second kappa shape index (κ2) is 4.73. The van der Waals surface area contributed by atoms with E-state index in [9.17, 15) is 0 Å². The molecule has 1 unspecified atom stereocenters. The number of hydrogen-bond acceptors (Lipinski definition) is 3. The smallest absolute Gasteiger partial charge is 0.0505 e. The molecule has 3 heteroatoms. The SMILES string of the molecule is CCC(Cc1nccc2sccc12)NC. The summed E-state index contributed by atoms with van der Waals surface area (Å²) in [6.07, 6.45) is 4.07. The monoisotopic (exact) mass is 220 g/mol. The van der Waals surface area contributed by atoms with E-state index in [0.29, 0.717) is 6.04 Å². The minimum atomic E-state index is 0.531. The Bertz CT molecular complexity index is 432. The summed E-state index contributed by atoms with van der Waals surface area (Å²) in [5, 5.41) is 6.77. The second-order valence-electron chi connectivity index (χ2n) is 3.69. The lowest BCUT2D eigenvalue weighted by Gasteiger charge is -2.13. The van der Waals surface area contributed by atoms with Gasteiger partial charge in [-0.1, -0.05) is 6.92 Å². The molecule has 0 aliphatic carbocycles. The van der Waals surface area contributed by atoms with E-state index in [-0.39, 0.29) is 0 Å². The maximum Gasteiger partial charge on any atom is 0.0505 e. The van der Waals surface area contributed by atoms with Crippen LogP contribution in [0.4, 0.5) is 0 Å². The predicted octanol–water partition coefficient (Wildman–Crippen LogP) is 2.84. The van der Waals surface area contributed by atoms with Crippen molar-refractivity contribution >= 4 is 21.4 Å². The molecule has 2 aromatic rings. The van der Waals surface area contributed by atoms with E-state index < -0.39 is 0 Å². The number of pyridine rings is 1. The minimum absolute atomic E-state index is 0.531. The average Bonchev–Trinajstić information content (AvgIpc) is 2.74. The van der Waals surface area contributed by atoms with Crippen LogP contribution in [0.5, 0.6) is 0 Å². The third-order valence-electron chi connectivity index (χ3n) is 2.80. The first-order chi connectivity index (χ1) is 7.35. The predicted molar refractivity (Wildman–Crippen MR) is 66.5 cm³/mol. The Kier molecular flexibility index (Phi) is 3.34. The van der Waals surface area contributed by atoms with Crippen molar-refractivity contribution in [3.63, 3.8) is 0 Å². The van der Waals surface area contributed by atoms with Gasteiger partial charge in [0, 0.05) is 28.7 Å². The van der Waals surface area contributed by atoms with Gasteiger partial charge < -0.3 is 5.32 Å². The van der Waals surface area contributed by atoms with Gasteiger partial charge in [0.15, 0.2) is 0 Å². The molecule has 80 valence electrons. The zero-order chi connectivity index (χ0) is 10.7. The van der Waals surface area contributed by atoms with E-state index in [1.165, 1.54) is 15.8 Å². The van der Waals surface area contributed by atoms with Crippen LogP contribution in [0.15, 0.2) is 23.7 Å². The molecule has 0 fully saturated rings. The van der Waals surface area contributed by atoms with Crippen molar-refractivity contribution in [1.82, 2.24) is 10.3 Å². The molecule has 0 saturated heterocycles. The molecule has 0 spiro atoms. The van der Waals surface area contributed by atoms with E-state index in [4.69, 9.17) is 0 Å². The molecule has 2 heterocycles. The normalized spacial score (nSPS) is 13.2. The Morgan fingerprint density at radius 2 is 2.33 bits per heavy atom. The van der Waals surface area contributed by atoms with Gasteiger partial charge in [-0.3, -0.25) is 4.98 Å². The summed E-state index contributed by atoms with van der Waals surface area (Å²) in [7, 11) is 2.02. The lowest BCUT2D eigenvalue weighted by Crippen LogP contribution is -2.26. The van der Waals surface area contributed by atoms with Gasteiger partial charge in [0.2, 0.25) is 0 Å². The molecule has 15 heavy (non-hydrogen) atoms. The van der Waals surface area contributed by atoms with Crippen molar-refractivity contribution < 1.29 is 0 Å². The first-order valence-electron chi connectivity index (χ1n) is 5.33. The Morgan fingerprint density at radius 1 is 1.47 bits per heavy atom. The van der Waals surface area contributed by atoms with Crippen LogP contribution in [0.25, 0.3) is 10.1 Å². The van der Waals surface area contributed by atoms with E-state index in [1.807, 2.05) is 13.2 Å². The standard InChI is InChI=1S/C12H16N2S/c1-3-9(13-2)8-11-10-5-7-15-12(10)4-6-14-11/h4-7,9,13H,3,8H2,1-2H3. The van der Waals surface area contributed by atoms with Crippen LogP contribution >= 0.6 is 11.3 Å². The van der Waals surface area contributed by atoms with E-state index >= 15 is 0 Å². The van der Waals surface area contributed by atoms with Gasteiger partial charge in [-0.15, -0.1) is 11.3 Å². The summed E-state index contributed by atoms with van der Waals surface area (Å²) < 4.78 is 1.34. The molecule has 2 aromatic heterocycles. The van der Waals surface area contributed by atoms with E-state index in [1.54, 1.807) is 11.3 Å². The maximum absolute atomic E-state index is 4.48. The zero-order valence-electron chi connectivity index (χ0n) is 9.16. The summed E-state index contributed by atoms with van der Waals surface area (Å²) in [6, 6.07) is 4.79. The van der Waals surface area contributed by atoms with Crippen LogP contribution in [0.3, 0.4) is 0 Å². The van der Waals surface area contributed by atoms with Crippen molar-refractivity contribution in [1.29, 1.82) is 0 Å². The first kappa shape index (κ1) is 10.6. The highest BCUT2D eigenvalue weighted by atomic mass is 32.1. The highest BCUT2D eigenvalue weighted by molar-refractivity contribution is 7.17. The van der Waals surface area contributed by atoms with Crippen molar-refractivity contribution in [3.05, 3.63) is 29.4 Å². The zero-order valence-corrected chi connectivity index (χ0v) is 9.97. The van der Waals surface area contributed by atoms with E-state index in [0.717, 1.165) is 12.8 Å². The third-order valence-corrected chi connectivity index (χ3v) is 3.69. The molecule has 1 atom stereocenters. The fraction of sp³-hybridized carbons (Fsp3) is 0.417. The molecule has 0 aliphatic rings. The summed E-state index contributed by atoms with van der Waals surface area (Å²) in [5.41, 5.74) is 1.22. The highest BCUT2D eigenvalue weighted by Gasteiger charge is 2.09. The van der Waals surface area contributed by atoms with Crippen LogP contribution in [0.2, 0.25) is 0 Å². The van der Waals surface area contributed by atoms with E-state index in [2.05, 4.69) is 34.7 Å². The molecular weight excluding hydrogens is 204 g/mol. The number of nitrogens with zero attached hydrogens (tertiary/aromatic N) is 1. The number of hydrogen-bond donors (Lipinski definition) is 1. The Morgan fingerprint density at radius 3 is 3.07 bits per heavy atom. The first-order valence-corrected chi connectivity index (χ1v) is 6.21. The van der Waals surface area contributed by atoms with Gasteiger partial charge in [-0.2, -0.15) is 0 Å². The minimum Gasteiger partial charge on any atom is -0.317 e.